The number of anilines is 2. The Morgan fingerprint density at radius 1 is 1.00 bits per heavy atom. The summed E-state index contributed by atoms with van der Waals surface area (Å²) in [6.45, 7) is 11.2. The van der Waals surface area contributed by atoms with Crippen LogP contribution in [0.4, 0.5) is 11.8 Å². The predicted octanol–water partition coefficient (Wildman–Crippen LogP) is 2.51. The molecule has 140 valence electrons. The Morgan fingerprint density at radius 3 is 2.50 bits per heavy atom. The average Bonchev–Trinajstić information content (AvgIpc) is 3.34. The Morgan fingerprint density at radius 2 is 1.77 bits per heavy atom. The van der Waals surface area contributed by atoms with Crippen molar-refractivity contribution in [2.75, 3.05) is 49.1 Å². The molecule has 0 unspecified atom stereocenters. The van der Waals surface area contributed by atoms with Crippen LogP contribution in [0, 0.1) is 0 Å². The first kappa shape index (κ1) is 17.3. The summed E-state index contributed by atoms with van der Waals surface area (Å²) in [7, 11) is 0. The smallest absolute Gasteiger partial charge is 0.227 e. The molecule has 0 radical (unpaired) electrons. The number of hydrogen-bond acceptors (Lipinski definition) is 7. The van der Waals surface area contributed by atoms with Gasteiger partial charge in [0, 0.05) is 57.9 Å². The second kappa shape index (κ2) is 7.61. The van der Waals surface area contributed by atoms with Crippen LogP contribution in [0.5, 0.6) is 0 Å². The van der Waals surface area contributed by atoms with E-state index in [0.717, 1.165) is 69.0 Å². The first-order chi connectivity index (χ1) is 12.7. The molecule has 4 rings (SSSR count). The van der Waals surface area contributed by atoms with E-state index < -0.39 is 0 Å². The SMILES string of the molecule is CC(C)c1ocnc1CN1CCN(c2nccc(N3CCCC3)n2)CC1. The van der Waals surface area contributed by atoms with Gasteiger partial charge in [0.25, 0.3) is 0 Å². The van der Waals surface area contributed by atoms with Crippen LogP contribution in [0.15, 0.2) is 23.1 Å². The summed E-state index contributed by atoms with van der Waals surface area (Å²) in [5.41, 5.74) is 1.07. The summed E-state index contributed by atoms with van der Waals surface area (Å²) in [6.07, 6.45) is 5.99. The van der Waals surface area contributed by atoms with Crippen LogP contribution in [0.2, 0.25) is 0 Å². The quantitative estimate of drug-likeness (QED) is 0.816. The molecule has 0 atom stereocenters. The number of hydrogen-bond donors (Lipinski definition) is 0. The molecule has 2 aliphatic rings. The fourth-order valence-electron chi connectivity index (χ4n) is 3.80. The van der Waals surface area contributed by atoms with Crippen molar-refractivity contribution in [2.24, 2.45) is 0 Å². The number of rotatable bonds is 5. The van der Waals surface area contributed by atoms with Crippen LogP contribution in [0.3, 0.4) is 0 Å². The lowest BCUT2D eigenvalue weighted by molar-refractivity contribution is 0.244. The third-order valence-electron chi connectivity index (χ3n) is 5.28. The van der Waals surface area contributed by atoms with Gasteiger partial charge in [0.15, 0.2) is 6.39 Å². The predicted molar refractivity (Wildman–Crippen MR) is 102 cm³/mol. The Balaban J connectivity index is 1.36. The molecule has 2 aromatic rings. The van der Waals surface area contributed by atoms with E-state index in [4.69, 9.17) is 9.40 Å². The molecule has 0 aromatic carbocycles. The minimum absolute atomic E-state index is 0.371. The second-order valence-electron chi connectivity index (χ2n) is 7.49. The molecule has 0 bridgehead atoms. The minimum atomic E-state index is 0.371. The highest BCUT2D eigenvalue weighted by molar-refractivity contribution is 5.44. The first-order valence-corrected chi connectivity index (χ1v) is 9.68. The lowest BCUT2D eigenvalue weighted by atomic mass is 10.1. The van der Waals surface area contributed by atoms with Crippen LogP contribution in [0.1, 0.15) is 44.1 Å². The topological polar surface area (TPSA) is 61.5 Å². The maximum atomic E-state index is 5.55. The molecule has 2 aliphatic heterocycles. The van der Waals surface area contributed by atoms with Crippen molar-refractivity contribution in [3.63, 3.8) is 0 Å². The van der Waals surface area contributed by atoms with E-state index in [9.17, 15) is 0 Å². The van der Waals surface area contributed by atoms with Crippen LogP contribution >= 0.6 is 0 Å². The van der Waals surface area contributed by atoms with E-state index >= 15 is 0 Å². The monoisotopic (exact) mass is 356 g/mol. The Labute approximate surface area is 155 Å². The van der Waals surface area contributed by atoms with Crippen molar-refractivity contribution in [1.82, 2.24) is 19.9 Å². The van der Waals surface area contributed by atoms with Crippen LogP contribution in [-0.2, 0) is 6.54 Å². The molecule has 2 aromatic heterocycles. The third-order valence-corrected chi connectivity index (χ3v) is 5.28. The van der Waals surface area contributed by atoms with Crippen LogP contribution in [-0.4, -0.2) is 59.1 Å². The maximum absolute atomic E-state index is 5.55. The van der Waals surface area contributed by atoms with Crippen molar-refractivity contribution in [1.29, 1.82) is 0 Å². The number of nitrogens with zero attached hydrogens (tertiary/aromatic N) is 6. The van der Waals surface area contributed by atoms with Gasteiger partial charge in [-0.1, -0.05) is 13.8 Å². The highest BCUT2D eigenvalue weighted by Crippen LogP contribution is 2.22. The van der Waals surface area contributed by atoms with Gasteiger partial charge in [-0.25, -0.2) is 9.97 Å². The highest BCUT2D eigenvalue weighted by Gasteiger charge is 2.23. The van der Waals surface area contributed by atoms with Gasteiger partial charge in [-0.15, -0.1) is 0 Å². The maximum Gasteiger partial charge on any atom is 0.227 e. The lowest BCUT2D eigenvalue weighted by Crippen LogP contribution is -2.46. The third kappa shape index (κ3) is 3.67. The molecule has 2 saturated heterocycles. The summed E-state index contributed by atoms with van der Waals surface area (Å²) < 4.78 is 5.55. The summed E-state index contributed by atoms with van der Waals surface area (Å²) in [6, 6.07) is 2.03. The van der Waals surface area contributed by atoms with Gasteiger partial charge in [0.05, 0.1) is 5.69 Å². The molecule has 0 aliphatic carbocycles. The van der Waals surface area contributed by atoms with Crippen molar-refractivity contribution in [2.45, 2.75) is 39.2 Å². The van der Waals surface area contributed by atoms with E-state index in [-0.39, 0.29) is 0 Å². The highest BCUT2D eigenvalue weighted by atomic mass is 16.3. The van der Waals surface area contributed by atoms with Gasteiger partial charge >= 0.3 is 0 Å². The van der Waals surface area contributed by atoms with Gasteiger partial charge in [0.1, 0.15) is 11.6 Å². The van der Waals surface area contributed by atoms with Crippen molar-refractivity contribution in [3.8, 4) is 0 Å². The standard InChI is InChI=1S/C19H28N6O/c1-15(2)18-16(21-14-26-18)13-23-9-11-25(12-10-23)19-20-6-5-17(22-19)24-7-3-4-8-24/h5-6,14-15H,3-4,7-13H2,1-2H3. The molecule has 7 heteroatoms. The van der Waals surface area contributed by atoms with Gasteiger partial charge in [0.2, 0.25) is 5.95 Å². The largest absolute Gasteiger partial charge is 0.448 e. The number of piperazine rings is 1. The van der Waals surface area contributed by atoms with Crippen LogP contribution < -0.4 is 9.80 Å². The summed E-state index contributed by atoms with van der Waals surface area (Å²) in [5, 5.41) is 0. The molecule has 0 amide bonds. The lowest BCUT2D eigenvalue weighted by Gasteiger charge is -2.34. The molecule has 4 heterocycles. The zero-order valence-electron chi connectivity index (χ0n) is 15.8. The van der Waals surface area contributed by atoms with Gasteiger partial charge in [-0.2, -0.15) is 4.98 Å². The molecule has 2 fully saturated rings. The van der Waals surface area contributed by atoms with E-state index in [0.29, 0.717) is 5.92 Å². The second-order valence-corrected chi connectivity index (χ2v) is 7.49. The fourth-order valence-corrected chi connectivity index (χ4v) is 3.80. The van der Waals surface area contributed by atoms with E-state index in [1.54, 1.807) is 6.39 Å². The Kier molecular flexibility index (Phi) is 5.06. The normalized spacial score (nSPS) is 18.9. The van der Waals surface area contributed by atoms with E-state index in [2.05, 4.69) is 38.5 Å². The minimum Gasteiger partial charge on any atom is -0.448 e. The summed E-state index contributed by atoms with van der Waals surface area (Å²) in [5.74, 6) is 3.31. The van der Waals surface area contributed by atoms with Crippen molar-refractivity contribution < 1.29 is 4.42 Å². The van der Waals surface area contributed by atoms with E-state index in [1.165, 1.54) is 12.8 Å². The molecule has 7 nitrogen and oxygen atoms in total. The molecular formula is C19H28N6O. The Hall–Kier alpha value is -2.15. The zero-order valence-corrected chi connectivity index (χ0v) is 15.8. The number of aromatic nitrogens is 3. The molecule has 0 saturated carbocycles. The summed E-state index contributed by atoms with van der Waals surface area (Å²) in [4.78, 5) is 20.8. The molecular weight excluding hydrogens is 328 g/mol. The van der Waals surface area contributed by atoms with Gasteiger partial charge in [-0.3, -0.25) is 4.90 Å². The van der Waals surface area contributed by atoms with Gasteiger partial charge in [-0.05, 0) is 18.9 Å². The molecule has 26 heavy (non-hydrogen) atoms. The molecule has 0 spiro atoms. The van der Waals surface area contributed by atoms with Crippen molar-refractivity contribution in [3.05, 3.63) is 30.1 Å². The van der Waals surface area contributed by atoms with Gasteiger partial charge < -0.3 is 14.2 Å². The fraction of sp³-hybridized carbons (Fsp3) is 0.632. The zero-order chi connectivity index (χ0) is 17.9. The average molecular weight is 356 g/mol. The van der Waals surface area contributed by atoms with Crippen molar-refractivity contribution >= 4 is 11.8 Å². The first-order valence-electron chi connectivity index (χ1n) is 9.68. The molecule has 0 N–H and O–H groups in total. The van der Waals surface area contributed by atoms with E-state index in [1.807, 2.05) is 12.3 Å². The Bertz CT molecular complexity index is 716. The number of oxazole rings is 1. The van der Waals surface area contributed by atoms with Crippen LogP contribution in [0.25, 0.3) is 0 Å². The summed E-state index contributed by atoms with van der Waals surface area (Å²) >= 11 is 0.